The standard InChI is InChI=1S/C10H15ClN2/c1-7(2)13-10(8-3-4-8)9(5-11)6-12-13/h6-8H,3-5H2,1-2H3. The number of rotatable bonds is 3. The molecular weight excluding hydrogens is 184 g/mol. The molecule has 3 heteroatoms. The number of alkyl halides is 1. The molecule has 1 aromatic heterocycles. The smallest absolute Gasteiger partial charge is 0.0537 e. The molecule has 1 aliphatic rings. The summed E-state index contributed by atoms with van der Waals surface area (Å²) in [7, 11) is 0. The molecule has 0 atom stereocenters. The lowest BCUT2D eigenvalue weighted by molar-refractivity contribution is 0.509. The van der Waals surface area contributed by atoms with E-state index in [0.29, 0.717) is 11.9 Å². The van der Waals surface area contributed by atoms with E-state index < -0.39 is 0 Å². The van der Waals surface area contributed by atoms with Gasteiger partial charge in [0.1, 0.15) is 0 Å². The van der Waals surface area contributed by atoms with Crippen LogP contribution in [-0.4, -0.2) is 9.78 Å². The minimum Gasteiger partial charge on any atom is -0.266 e. The summed E-state index contributed by atoms with van der Waals surface area (Å²) in [5.41, 5.74) is 2.60. The molecule has 0 aliphatic heterocycles. The molecule has 2 nitrogen and oxygen atoms in total. The second kappa shape index (κ2) is 3.33. The van der Waals surface area contributed by atoms with Crippen molar-refractivity contribution in [3.05, 3.63) is 17.5 Å². The largest absolute Gasteiger partial charge is 0.266 e. The average Bonchev–Trinajstić information content (AvgIpc) is 2.84. The minimum absolute atomic E-state index is 0.451. The Balaban J connectivity index is 2.38. The summed E-state index contributed by atoms with van der Waals surface area (Å²) in [5.74, 6) is 1.33. The first kappa shape index (κ1) is 9.07. The zero-order chi connectivity index (χ0) is 9.42. The summed E-state index contributed by atoms with van der Waals surface area (Å²) in [4.78, 5) is 0. The maximum Gasteiger partial charge on any atom is 0.0537 e. The first-order chi connectivity index (χ1) is 6.24. The van der Waals surface area contributed by atoms with Crippen molar-refractivity contribution in [1.29, 1.82) is 0 Å². The maximum atomic E-state index is 5.87. The van der Waals surface area contributed by atoms with Gasteiger partial charge in [-0.05, 0) is 26.7 Å². The van der Waals surface area contributed by atoms with Gasteiger partial charge in [0.05, 0.1) is 12.1 Å². The highest BCUT2D eigenvalue weighted by atomic mass is 35.5. The van der Waals surface area contributed by atoms with E-state index in [1.165, 1.54) is 24.1 Å². The van der Waals surface area contributed by atoms with Crippen molar-refractivity contribution in [3.8, 4) is 0 Å². The molecule has 72 valence electrons. The number of nitrogens with zero attached hydrogens (tertiary/aromatic N) is 2. The molecule has 0 spiro atoms. The van der Waals surface area contributed by atoms with Crippen LogP contribution >= 0.6 is 11.6 Å². The van der Waals surface area contributed by atoms with Crippen LogP contribution in [0.5, 0.6) is 0 Å². The van der Waals surface area contributed by atoms with E-state index in [1.54, 1.807) is 0 Å². The molecule has 0 radical (unpaired) electrons. The van der Waals surface area contributed by atoms with Gasteiger partial charge in [-0.2, -0.15) is 5.10 Å². The molecule has 2 rings (SSSR count). The number of halogens is 1. The zero-order valence-corrected chi connectivity index (χ0v) is 8.88. The highest BCUT2D eigenvalue weighted by Gasteiger charge is 2.30. The fourth-order valence-electron chi connectivity index (χ4n) is 1.73. The Labute approximate surface area is 83.9 Å². The number of hydrogen-bond donors (Lipinski definition) is 0. The predicted octanol–water partition coefficient (Wildman–Crippen LogP) is 3.08. The third kappa shape index (κ3) is 1.60. The van der Waals surface area contributed by atoms with Crippen LogP contribution in [0.4, 0.5) is 0 Å². The molecule has 0 saturated heterocycles. The van der Waals surface area contributed by atoms with Crippen LogP contribution in [0.3, 0.4) is 0 Å². The van der Waals surface area contributed by atoms with Gasteiger partial charge in [0.2, 0.25) is 0 Å². The van der Waals surface area contributed by atoms with E-state index in [1.807, 2.05) is 6.20 Å². The van der Waals surface area contributed by atoms with Crippen LogP contribution in [0.25, 0.3) is 0 Å². The van der Waals surface area contributed by atoms with Gasteiger partial charge >= 0.3 is 0 Å². The Morgan fingerprint density at radius 3 is 2.77 bits per heavy atom. The van der Waals surface area contributed by atoms with E-state index in [2.05, 4.69) is 23.6 Å². The fraction of sp³-hybridized carbons (Fsp3) is 0.700. The van der Waals surface area contributed by atoms with E-state index in [0.717, 1.165) is 5.92 Å². The summed E-state index contributed by atoms with van der Waals surface area (Å²) in [6, 6.07) is 0.451. The third-order valence-corrected chi connectivity index (χ3v) is 2.80. The monoisotopic (exact) mass is 198 g/mol. The van der Waals surface area contributed by atoms with Crippen LogP contribution in [0.1, 0.15) is 49.9 Å². The van der Waals surface area contributed by atoms with Crippen LogP contribution in [0.2, 0.25) is 0 Å². The molecule has 0 aromatic carbocycles. The second-order valence-corrected chi connectivity index (χ2v) is 4.27. The normalized spacial score (nSPS) is 16.9. The summed E-state index contributed by atoms with van der Waals surface area (Å²) in [5, 5.41) is 4.38. The van der Waals surface area contributed by atoms with Crippen molar-refractivity contribution in [2.75, 3.05) is 0 Å². The lowest BCUT2D eigenvalue weighted by atomic mass is 10.2. The Morgan fingerprint density at radius 1 is 1.62 bits per heavy atom. The molecule has 1 aromatic rings. The maximum absolute atomic E-state index is 5.87. The van der Waals surface area contributed by atoms with Crippen LogP contribution in [0, 0.1) is 0 Å². The summed E-state index contributed by atoms with van der Waals surface area (Å²) >= 11 is 5.87. The van der Waals surface area contributed by atoms with Crippen LogP contribution < -0.4 is 0 Å². The highest BCUT2D eigenvalue weighted by molar-refractivity contribution is 6.17. The predicted molar refractivity (Wildman–Crippen MR) is 54.1 cm³/mol. The molecule has 0 N–H and O–H groups in total. The van der Waals surface area contributed by atoms with Crippen LogP contribution in [0.15, 0.2) is 6.20 Å². The molecule has 1 aliphatic carbocycles. The van der Waals surface area contributed by atoms with E-state index in [9.17, 15) is 0 Å². The molecule has 1 fully saturated rings. The van der Waals surface area contributed by atoms with Gasteiger partial charge in [-0.15, -0.1) is 11.6 Å². The first-order valence-corrected chi connectivity index (χ1v) is 5.39. The lowest BCUT2D eigenvalue weighted by Gasteiger charge is -2.11. The van der Waals surface area contributed by atoms with Crippen molar-refractivity contribution in [3.63, 3.8) is 0 Å². The van der Waals surface area contributed by atoms with Gasteiger partial charge < -0.3 is 0 Å². The highest BCUT2D eigenvalue weighted by Crippen LogP contribution is 2.42. The molecule has 13 heavy (non-hydrogen) atoms. The minimum atomic E-state index is 0.451. The quantitative estimate of drug-likeness (QED) is 0.683. The van der Waals surface area contributed by atoms with Gasteiger partial charge in [0.15, 0.2) is 0 Å². The van der Waals surface area contributed by atoms with E-state index in [-0.39, 0.29) is 0 Å². The van der Waals surface area contributed by atoms with Crippen molar-refractivity contribution < 1.29 is 0 Å². The average molecular weight is 199 g/mol. The van der Waals surface area contributed by atoms with Crippen molar-refractivity contribution in [2.24, 2.45) is 0 Å². The van der Waals surface area contributed by atoms with Gasteiger partial charge in [0, 0.05) is 23.2 Å². The van der Waals surface area contributed by atoms with Gasteiger partial charge in [-0.1, -0.05) is 0 Å². The first-order valence-electron chi connectivity index (χ1n) is 4.86. The molecule has 0 bridgehead atoms. The van der Waals surface area contributed by atoms with E-state index >= 15 is 0 Å². The summed E-state index contributed by atoms with van der Waals surface area (Å²) in [6.07, 6.45) is 4.53. The SMILES string of the molecule is CC(C)n1ncc(CCl)c1C1CC1. The molecule has 0 amide bonds. The topological polar surface area (TPSA) is 17.8 Å². The van der Waals surface area contributed by atoms with Crippen molar-refractivity contribution in [1.82, 2.24) is 9.78 Å². The van der Waals surface area contributed by atoms with Gasteiger partial charge in [-0.3, -0.25) is 4.68 Å². The molecular formula is C10H15ClN2. The lowest BCUT2D eigenvalue weighted by Crippen LogP contribution is -2.07. The van der Waals surface area contributed by atoms with Crippen LogP contribution in [-0.2, 0) is 5.88 Å². The summed E-state index contributed by atoms with van der Waals surface area (Å²) in [6.45, 7) is 4.33. The van der Waals surface area contributed by atoms with Gasteiger partial charge in [-0.25, -0.2) is 0 Å². The van der Waals surface area contributed by atoms with Crippen molar-refractivity contribution >= 4 is 11.6 Å². The second-order valence-electron chi connectivity index (χ2n) is 4.00. The Morgan fingerprint density at radius 2 is 2.31 bits per heavy atom. The van der Waals surface area contributed by atoms with Gasteiger partial charge in [0.25, 0.3) is 0 Å². The van der Waals surface area contributed by atoms with Crippen molar-refractivity contribution in [2.45, 2.75) is 44.5 Å². The van der Waals surface area contributed by atoms with E-state index in [4.69, 9.17) is 11.6 Å². The summed E-state index contributed by atoms with van der Waals surface area (Å²) < 4.78 is 2.12. The molecule has 0 unspecified atom stereocenters. The number of hydrogen-bond acceptors (Lipinski definition) is 1. The Kier molecular flexibility index (Phi) is 2.33. The molecule has 1 heterocycles. The molecule has 1 saturated carbocycles. The third-order valence-electron chi connectivity index (χ3n) is 2.51. The fourth-order valence-corrected chi connectivity index (χ4v) is 1.93. The zero-order valence-electron chi connectivity index (χ0n) is 8.13. The Bertz CT molecular complexity index is 300. The Hall–Kier alpha value is -0.500. The number of aromatic nitrogens is 2.